The first kappa shape index (κ1) is 21.1. The highest BCUT2D eigenvalue weighted by Gasteiger charge is 2.45. The summed E-state index contributed by atoms with van der Waals surface area (Å²) in [5.74, 6) is -1.17. The van der Waals surface area contributed by atoms with Crippen LogP contribution in [0.5, 0.6) is 0 Å². The van der Waals surface area contributed by atoms with E-state index in [2.05, 4.69) is 21.6 Å². The standard InChI is InChI=1S/C18H18F3N3O4S2/c1-2-16(25)22-12-5-10-8-24(9-11(10)6-12)30(26,27)17-4-3-14(29-17)13-7-15(28-23-13)18(19,20)21/h2-4,7,10-12H,1,5-6,8-9H2,(H,22,25). The Hall–Kier alpha value is -2.18. The molecule has 162 valence electrons. The maximum atomic E-state index is 13.0. The third kappa shape index (κ3) is 3.91. The molecular formula is C18H18F3N3O4S2. The van der Waals surface area contributed by atoms with Crippen molar-refractivity contribution < 1.29 is 30.9 Å². The molecule has 12 heteroatoms. The molecule has 1 N–H and O–H groups in total. The van der Waals surface area contributed by atoms with Gasteiger partial charge in [-0.15, -0.1) is 11.3 Å². The summed E-state index contributed by atoms with van der Waals surface area (Å²) < 4.78 is 69.8. The Morgan fingerprint density at radius 1 is 1.30 bits per heavy atom. The number of sulfonamides is 1. The third-order valence-corrected chi connectivity index (χ3v) is 8.87. The van der Waals surface area contributed by atoms with E-state index in [1.165, 1.54) is 22.5 Å². The lowest BCUT2D eigenvalue weighted by molar-refractivity contribution is -0.155. The van der Waals surface area contributed by atoms with Gasteiger partial charge in [-0.2, -0.15) is 17.5 Å². The number of carbonyl (C=O) groups is 1. The van der Waals surface area contributed by atoms with E-state index in [4.69, 9.17) is 0 Å². The minimum atomic E-state index is -4.66. The first-order valence-electron chi connectivity index (χ1n) is 9.15. The molecule has 1 aliphatic carbocycles. The molecule has 2 aromatic rings. The van der Waals surface area contributed by atoms with E-state index < -0.39 is 22.0 Å². The monoisotopic (exact) mass is 461 g/mol. The molecule has 7 nitrogen and oxygen atoms in total. The highest BCUT2D eigenvalue weighted by atomic mass is 32.2. The molecule has 2 aliphatic rings. The van der Waals surface area contributed by atoms with Crippen LogP contribution in [0.2, 0.25) is 0 Å². The fraction of sp³-hybridized carbons (Fsp3) is 0.444. The molecule has 0 spiro atoms. The van der Waals surface area contributed by atoms with E-state index in [9.17, 15) is 26.4 Å². The van der Waals surface area contributed by atoms with E-state index in [1.54, 1.807) is 0 Å². The van der Waals surface area contributed by atoms with Crippen LogP contribution >= 0.6 is 11.3 Å². The molecule has 4 rings (SSSR count). The molecule has 0 radical (unpaired) electrons. The molecule has 2 unspecified atom stereocenters. The molecular weight excluding hydrogens is 443 g/mol. The second kappa shape index (κ2) is 7.50. The second-order valence-corrected chi connectivity index (χ2v) is 10.7. The molecule has 1 aliphatic heterocycles. The summed E-state index contributed by atoms with van der Waals surface area (Å²) in [5.41, 5.74) is -0.0622. The van der Waals surface area contributed by atoms with E-state index in [-0.39, 0.29) is 38.6 Å². The lowest BCUT2D eigenvalue weighted by Crippen LogP contribution is -2.35. The van der Waals surface area contributed by atoms with Gasteiger partial charge in [-0.05, 0) is 42.9 Å². The molecule has 1 saturated carbocycles. The van der Waals surface area contributed by atoms with Gasteiger partial charge in [0.25, 0.3) is 10.0 Å². The van der Waals surface area contributed by atoms with Gasteiger partial charge in [-0.25, -0.2) is 8.42 Å². The number of halogens is 3. The number of thiophene rings is 1. The van der Waals surface area contributed by atoms with Gasteiger partial charge < -0.3 is 9.84 Å². The molecule has 30 heavy (non-hydrogen) atoms. The number of nitrogens with zero attached hydrogens (tertiary/aromatic N) is 2. The van der Waals surface area contributed by atoms with Crippen LogP contribution in [-0.2, 0) is 21.0 Å². The minimum absolute atomic E-state index is 0.0127. The van der Waals surface area contributed by atoms with Crippen molar-refractivity contribution in [3.05, 3.63) is 36.6 Å². The van der Waals surface area contributed by atoms with Crippen molar-refractivity contribution in [2.75, 3.05) is 13.1 Å². The van der Waals surface area contributed by atoms with Crippen molar-refractivity contribution >= 4 is 27.3 Å². The summed E-state index contributed by atoms with van der Waals surface area (Å²) in [4.78, 5) is 11.7. The van der Waals surface area contributed by atoms with Crippen LogP contribution in [-0.4, -0.2) is 42.9 Å². The molecule has 2 atom stereocenters. The topological polar surface area (TPSA) is 92.5 Å². The molecule has 1 saturated heterocycles. The predicted molar refractivity (Wildman–Crippen MR) is 102 cm³/mol. The third-order valence-electron chi connectivity index (χ3n) is 5.47. The van der Waals surface area contributed by atoms with Crippen molar-refractivity contribution in [2.45, 2.75) is 29.3 Å². The SMILES string of the molecule is C=CC(=O)NC1CC2CN(S(=O)(=O)c3ccc(-c4cc(C(F)(F)F)on4)s3)CC2C1. The van der Waals surface area contributed by atoms with Crippen molar-refractivity contribution in [1.29, 1.82) is 0 Å². The predicted octanol–water partition coefficient (Wildman–Crippen LogP) is 3.12. The van der Waals surface area contributed by atoms with Gasteiger partial charge in [-0.1, -0.05) is 11.7 Å². The number of alkyl halides is 3. The summed E-state index contributed by atoms with van der Waals surface area (Å²) >= 11 is 0.856. The van der Waals surface area contributed by atoms with Crippen LogP contribution in [0.1, 0.15) is 18.6 Å². The van der Waals surface area contributed by atoms with Crippen LogP contribution in [0.3, 0.4) is 0 Å². The molecule has 1 amide bonds. The van der Waals surface area contributed by atoms with E-state index in [1.807, 2.05) is 0 Å². The first-order chi connectivity index (χ1) is 14.1. The summed E-state index contributed by atoms with van der Waals surface area (Å²) in [6, 6.07) is 3.56. The lowest BCUT2D eigenvalue weighted by atomic mass is 10.0. The van der Waals surface area contributed by atoms with Gasteiger partial charge in [0.2, 0.25) is 11.7 Å². The van der Waals surface area contributed by atoms with Crippen molar-refractivity contribution in [3.8, 4) is 10.6 Å². The van der Waals surface area contributed by atoms with Crippen LogP contribution in [0.15, 0.2) is 39.6 Å². The lowest BCUT2D eigenvalue weighted by Gasteiger charge is -2.18. The second-order valence-electron chi connectivity index (χ2n) is 7.42. The highest BCUT2D eigenvalue weighted by molar-refractivity contribution is 7.91. The Bertz CT molecular complexity index is 1060. The molecule has 0 bridgehead atoms. The highest BCUT2D eigenvalue weighted by Crippen LogP contribution is 2.42. The average Bonchev–Trinajstić information content (AvgIpc) is 3.41. The van der Waals surface area contributed by atoms with Crippen LogP contribution in [0, 0.1) is 11.8 Å². The van der Waals surface area contributed by atoms with Gasteiger partial charge in [0.1, 0.15) is 9.90 Å². The maximum absolute atomic E-state index is 13.0. The molecule has 3 heterocycles. The van der Waals surface area contributed by atoms with Gasteiger partial charge in [-0.3, -0.25) is 4.79 Å². The number of carbonyl (C=O) groups excluding carboxylic acids is 1. The van der Waals surface area contributed by atoms with Crippen LogP contribution in [0.25, 0.3) is 10.6 Å². The summed E-state index contributed by atoms with van der Waals surface area (Å²) in [6.07, 6.45) is -2.05. The number of fused-ring (bicyclic) bond motifs is 1. The zero-order valence-corrected chi connectivity index (χ0v) is 17.2. The Morgan fingerprint density at radius 3 is 2.53 bits per heavy atom. The number of rotatable bonds is 5. The molecule has 2 aromatic heterocycles. The summed E-state index contributed by atoms with van der Waals surface area (Å²) in [6.45, 7) is 4.13. The Labute approximate surface area is 174 Å². The largest absolute Gasteiger partial charge is 0.452 e. The number of amides is 1. The van der Waals surface area contributed by atoms with E-state index >= 15 is 0 Å². The fourth-order valence-electron chi connectivity index (χ4n) is 4.08. The van der Waals surface area contributed by atoms with Crippen molar-refractivity contribution in [3.63, 3.8) is 0 Å². The average molecular weight is 461 g/mol. The molecule has 0 aromatic carbocycles. The van der Waals surface area contributed by atoms with Gasteiger partial charge >= 0.3 is 6.18 Å². The Morgan fingerprint density at radius 2 is 1.97 bits per heavy atom. The number of hydrogen-bond donors (Lipinski definition) is 1. The molecule has 2 fully saturated rings. The smallest absolute Gasteiger partial charge is 0.351 e. The first-order valence-corrected chi connectivity index (χ1v) is 11.4. The van der Waals surface area contributed by atoms with E-state index in [0.29, 0.717) is 25.9 Å². The zero-order chi connectivity index (χ0) is 21.7. The van der Waals surface area contributed by atoms with Crippen molar-refractivity contribution in [2.24, 2.45) is 11.8 Å². The zero-order valence-electron chi connectivity index (χ0n) is 15.6. The summed E-state index contributed by atoms with van der Waals surface area (Å²) in [7, 11) is -3.77. The number of nitrogens with one attached hydrogen (secondary N) is 1. The van der Waals surface area contributed by atoms with Gasteiger partial charge in [0, 0.05) is 25.2 Å². The van der Waals surface area contributed by atoms with Crippen molar-refractivity contribution in [1.82, 2.24) is 14.8 Å². The summed E-state index contributed by atoms with van der Waals surface area (Å²) in [5, 5.41) is 6.25. The number of hydrogen-bond acceptors (Lipinski definition) is 6. The minimum Gasteiger partial charge on any atom is -0.351 e. The quantitative estimate of drug-likeness (QED) is 0.691. The van der Waals surface area contributed by atoms with Crippen LogP contribution < -0.4 is 5.32 Å². The Kier molecular flexibility index (Phi) is 5.27. The fourth-order valence-corrected chi connectivity index (χ4v) is 7.05. The van der Waals surface area contributed by atoms with Crippen LogP contribution in [0.4, 0.5) is 13.2 Å². The Balaban J connectivity index is 1.45. The number of aromatic nitrogens is 1. The normalized spacial score (nSPS) is 24.7. The van der Waals surface area contributed by atoms with Gasteiger partial charge in [0.15, 0.2) is 0 Å². The van der Waals surface area contributed by atoms with Gasteiger partial charge in [0.05, 0.1) is 4.88 Å². The van der Waals surface area contributed by atoms with E-state index in [0.717, 1.165) is 17.4 Å². The maximum Gasteiger partial charge on any atom is 0.452 e.